The second-order valence-corrected chi connectivity index (χ2v) is 5.79. The summed E-state index contributed by atoms with van der Waals surface area (Å²) in [5.74, 6) is 0.963. The van der Waals surface area contributed by atoms with Gasteiger partial charge in [0.25, 0.3) is 0 Å². The highest BCUT2D eigenvalue weighted by Crippen LogP contribution is 2.24. The molecule has 1 fully saturated rings. The van der Waals surface area contributed by atoms with Crippen molar-refractivity contribution in [2.75, 3.05) is 33.3 Å². The molecule has 0 spiro atoms. The molecular formula is C17H21N3O3. The van der Waals surface area contributed by atoms with Gasteiger partial charge in [-0.3, -0.25) is 9.59 Å². The predicted molar refractivity (Wildman–Crippen MR) is 87.4 cm³/mol. The molecule has 6 heteroatoms. The normalized spacial score (nSPS) is 15.0. The van der Waals surface area contributed by atoms with E-state index in [1.54, 1.807) is 18.9 Å². The van der Waals surface area contributed by atoms with Crippen molar-refractivity contribution in [3.05, 3.63) is 30.0 Å². The Morgan fingerprint density at radius 2 is 1.87 bits per heavy atom. The molecule has 1 aliphatic rings. The van der Waals surface area contributed by atoms with Gasteiger partial charge in [-0.05, 0) is 17.7 Å². The van der Waals surface area contributed by atoms with Crippen LogP contribution in [0.15, 0.2) is 24.4 Å². The molecule has 1 aromatic carbocycles. The number of nitrogens with one attached hydrogen (secondary N) is 1. The fourth-order valence-electron chi connectivity index (χ4n) is 2.98. The molecule has 0 bridgehead atoms. The zero-order valence-electron chi connectivity index (χ0n) is 13.5. The molecular weight excluding hydrogens is 294 g/mol. The van der Waals surface area contributed by atoms with Gasteiger partial charge in [-0.1, -0.05) is 0 Å². The summed E-state index contributed by atoms with van der Waals surface area (Å²) in [4.78, 5) is 30.6. The largest absolute Gasteiger partial charge is 0.497 e. The molecule has 0 aliphatic carbocycles. The van der Waals surface area contributed by atoms with E-state index in [9.17, 15) is 9.59 Å². The molecule has 0 radical (unpaired) electrons. The molecule has 122 valence electrons. The number of fused-ring (bicyclic) bond motifs is 1. The van der Waals surface area contributed by atoms with Gasteiger partial charge in [0.15, 0.2) is 0 Å². The lowest BCUT2D eigenvalue weighted by Crippen LogP contribution is -2.50. The summed E-state index contributed by atoms with van der Waals surface area (Å²) in [6, 6.07) is 5.80. The van der Waals surface area contributed by atoms with Crippen molar-refractivity contribution in [1.82, 2.24) is 14.8 Å². The van der Waals surface area contributed by atoms with E-state index in [2.05, 4.69) is 4.98 Å². The molecule has 3 rings (SSSR count). The van der Waals surface area contributed by atoms with Crippen LogP contribution in [0.1, 0.15) is 12.5 Å². The molecule has 23 heavy (non-hydrogen) atoms. The number of hydrogen-bond donors (Lipinski definition) is 1. The minimum absolute atomic E-state index is 0.0719. The third kappa shape index (κ3) is 3.16. The number of methoxy groups -OCH3 is 1. The zero-order valence-corrected chi connectivity index (χ0v) is 13.5. The molecule has 2 amide bonds. The average Bonchev–Trinajstić information content (AvgIpc) is 2.97. The Morgan fingerprint density at radius 3 is 2.52 bits per heavy atom. The summed E-state index contributed by atoms with van der Waals surface area (Å²) in [5.41, 5.74) is 1.95. The van der Waals surface area contributed by atoms with Gasteiger partial charge in [0.1, 0.15) is 5.75 Å². The molecule has 0 saturated carbocycles. The Balaban J connectivity index is 1.68. The molecule has 1 aliphatic heterocycles. The lowest BCUT2D eigenvalue weighted by molar-refractivity contribution is -0.137. The maximum Gasteiger partial charge on any atom is 0.227 e. The number of hydrogen-bond acceptors (Lipinski definition) is 3. The average molecular weight is 315 g/mol. The first-order valence-electron chi connectivity index (χ1n) is 7.76. The van der Waals surface area contributed by atoms with E-state index in [1.807, 2.05) is 29.3 Å². The van der Waals surface area contributed by atoms with Crippen LogP contribution in [0.25, 0.3) is 10.9 Å². The summed E-state index contributed by atoms with van der Waals surface area (Å²) >= 11 is 0. The van der Waals surface area contributed by atoms with Gasteiger partial charge in [-0.25, -0.2) is 0 Å². The SMILES string of the molecule is COc1ccc2c(CC(=O)N3CCN(C(C)=O)CC3)c[nH]c2c1. The molecule has 1 N–H and O–H groups in total. The number of ether oxygens (including phenoxy) is 1. The molecule has 0 unspecified atom stereocenters. The van der Waals surface area contributed by atoms with Crippen LogP contribution in [-0.4, -0.2) is 59.9 Å². The number of H-pyrrole nitrogens is 1. The van der Waals surface area contributed by atoms with E-state index >= 15 is 0 Å². The van der Waals surface area contributed by atoms with E-state index in [-0.39, 0.29) is 11.8 Å². The second-order valence-electron chi connectivity index (χ2n) is 5.79. The quantitative estimate of drug-likeness (QED) is 0.931. The molecule has 1 saturated heterocycles. The van der Waals surface area contributed by atoms with Crippen LogP contribution in [-0.2, 0) is 16.0 Å². The number of nitrogens with zero attached hydrogens (tertiary/aromatic N) is 2. The van der Waals surface area contributed by atoms with E-state index in [4.69, 9.17) is 4.74 Å². The van der Waals surface area contributed by atoms with Gasteiger partial charge in [0.2, 0.25) is 11.8 Å². The molecule has 2 aromatic rings. The Kier molecular flexibility index (Phi) is 4.23. The number of aromatic amines is 1. The predicted octanol–water partition coefficient (Wildman–Crippen LogP) is 1.41. The highest BCUT2D eigenvalue weighted by atomic mass is 16.5. The molecule has 2 heterocycles. The number of aromatic nitrogens is 1. The Morgan fingerprint density at radius 1 is 1.17 bits per heavy atom. The molecule has 0 atom stereocenters. The van der Waals surface area contributed by atoms with Crippen molar-refractivity contribution in [2.45, 2.75) is 13.3 Å². The van der Waals surface area contributed by atoms with Crippen molar-refractivity contribution >= 4 is 22.7 Å². The van der Waals surface area contributed by atoms with Crippen molar-refractivity contribution in [2.24, 2.45) is 0 Å². The van der Waals surface area contributed by atoms with Crippen molar-refractivity contribution in [1.29, 1.82) is 0 Å². The summed E-state index contributed by atoms with van der Waals surface area (Å²) in [6.45, 7) is 4.01. The van der Waals surface area contributed by atoms with E-state index < -0.39 is 0 Å². The number of rotatable bonds is 3. The Bertz CT molecular complexity index is 730. The third-order valence-electron chi connectivity index (χ3n) is 4.39. The topological polar surface area (TPSA) is 65.6 Å². The van der Waals surface area contributed by atoms with Crippen LogP contribution in [0, 0.1) is 0 Å². The van der Waals surface area contributed by atoms with Crippen LogP contribution in [0.2, 0.25) is 0 Å². The van der Waals surface area contributed by atoms with E-state index in [0.717, 1.165) is 22.2 Å². The first-order valence-corrected chi connectivity index (χ1v) is 7.76. The first-order chi connectivity index (χ1) is 11.1. The highest BCUT2D eigenvalue weighted by Gasteiger charge is 2.23. The molecule has 6 nitrogen and oxygen atoms in total. The number of amides is 2. The lowest BCUT2D eigenvalue weighted by atomic mass is 10.1. The Hall–Kier alpha value is -2.50. The van der Waals surface area contributed by atoms with Crippen LogP contribution in [0.3, 0.4) is 0 Å². The summed E-state index contributed by atoms with van der Waals surface area (Å²) in [7, 11) is 1.63. The second kappa shape index (κ2) is 6.32. The van der Waals surface area contributed by atoms with Crippen molar-refractivity contribution in [3.63, 3.8) is 0 Å². The standard InChI is InChI=1S/C17H21N3O3/c1-12(21)19-5-7-20(8-6-19)17(22)9-13-11-18-16-10-14(23-2)3-4-15(13)16/h3-4,10-11,18H,5-9H2,1-2H3. The minimum Gasteiger partial charge on any atom is -0.497 e. The van der Waals surface area contributed by atoms with Gasteiger partial charge in [-0.2, -0.15) is 0 Å². The minimum atomic E-state index is 0.0719. The van der Waals surface area contributed by atoms with Gasteiger partial charge in [-0.15, -0.1) is 0 Å². The zero-order chi connectivity index (χ0) is 16.4. The fraction of sp³-hybridized carbons (Fsp3) is 0.412. The Labute approximate surface area is 135 Å². The third-order valence-corrected chi connectivity index (χ3v) is 4.39. The number of carbonyl (C=O) groups is 2. The monoisotopic (exact) mass is 315 g/mol. The van der Waals surface area contributed by atoms with Gasteiger partial charge in [0.05, 0.1) is 13.5 Å². The van der Waals surface area contributed by atoms with Gasteiger partial charge < -0.3 is 19.5 Å². The number of carbonyl (C=O) groups excluding carboxylic acids is 2. The summed E-state index contributed by atoms with van der Waals surface area (Å²) < 4.78 is 5.21. The smallest absolute Gasteiger partial charge is 0.227 e. The maximum absolute atomic E-state index is 12.5. The summed E-state index contributed by atoms with van der Waals surface area (Å²) in [5, 5.41) is 1.04. The van der Waals surface area contributed by atoms with Crippen LogP contribution in [0.5, 0.6) is 5.75 Å². The number of piperazine rings is 1. The van der Waals surface area contributed by atoms with E-state index in [1.165, 1.54) is 0 Å². The molecule has 1 aromatic heterocycles. The summed E-state index contributed by atoms with van der Waals surface area (Å²) in [6.07, 6.45) is 2.25. The van der Waals surface area contributed by atoms with E-state index in [0.29, 0.717) is 32.6 Å². The van der Waals surface area contributed by atoms with Crippen LogP contribution < -0.4 is 4.74 Å². The highest BCUT2D eigenvalue weighted by molar-refractivity contribution is 5.89. The fourth-order valence-corrected chi connectivity index (χ4v) is 2.98. The van der Waals surface area contributed by atoms with Crippen molar-refractivity contribution in [3.8, 4) is 5.75 Å². The number of benzene rings is 1. The van der Waals surface area contributed by atoms with Gasteiger partial charge in [0, 0.05) is 56.3 Å². The van der Waals surface area contributed by atoms with Crippen LogP contribution in [0.4, 0.5) is 0 Å². The van der Waals surface area contributed by atoms with Gasteiger partial charge >= 0.3 is 0 Å². The first kappa shape index (κ1) is 15.4. The maximum atomic E-state index is 12.5. The van der Waals surface area contributed by atoms with Crippen LogP contribution >= 0.6 is 0 Å². The lowest BCUT2D eigenvalue weighted by Gasteiger charge is -2.34. The van der Waals surface area contributed by atoms with Crippen molar-refractivity contribution < 1.29 is 14.3 Å².